The molecule has 0 saturated heterocycles. The Morgan fingerprint density at radius 2 is 1.65 bits per heavy atom. The topological polar surface area (TPSA) is 37.3 Å². The highest BCUT2D eigenvalue weighted by Gasteiger charge is 2.62. The largest absolute Gasteiger partial charge is 0.396 e. The van der Waals surface area contributed by atoms with Crippen LogP contribution in [0, 0.1) is 58.2 Å². The molecule has 4 aliphatic rings. The minimum absolute atomic E-state index is 0.325. The van der Waals surface area contributed by atoms with E-state index in [-0.39, 0.29) is 0 Å². The van der Waals surface area contributed by atoms with E-state index in [2.05, 4.69) is 34.6 Å². The van der Waals surface area contributed by atoms with E-state index in [4.69, 9.17) is 0 Å². The molecule has 0 amide bonds. The molecular weight excluding hydrogens is 380 g/mol. The molecule has 0 aromatic rings. The molecule has 0 aromatic carbocycles. The Hall–Kier alpha value is -0.370. The maximum absolute atomic E-state index is 13.5. The fourth-order valence-corrected chi connectivity index (χ4v) is 9.59. The molecular formula is C29H50O2. The zero-order valence-corrected chi connectivity index (χ0v) is 21.2. The number of carbonyl (C=O) groups excluding carboxylic acids is 1. The summed E-state index contributed by atoms with van der Waals surface area (Å²) in [5.74, 6) is 5.84. The van der Waals surface area contributed by atoms with E-state index >= 15 is 0 Å². The first kappa shape index (κ1) is 23.8. The van der Waals surface area contributed by atoms with Crippen molar-refractivity contribution in [3.8, 4) is 0 Å². The van der Waals surface area contributed by atoms with Crippen molar-refractivity contribution < 1.29 is 9.90 Å². The van der Waals surface area contributed by atoms with Crippen molar-refractivity contribution in [1.82, 2.24) is 0 Å². The molecule has 1 N–H and O–H groups in total. The number of rotatable bonds is 7. The van der Waals surface area contributed by atoms with Crippen LogP contribution in [-0.2, 0) is 4.79 Å². The first-order valence-corrected chi connectivity index (χ1v) is 13.9. The third-order valence-corrected chi connectivity index (χ3v) is 11.6. The fourth-order valence-electron chi connectivity index (χ4n) is 9.59. The van der Waals surface area contributed by atoms with E-state index in [1.807, 2.05) is 0 Å². The van der Waals surface area contributed by atoms with Crippen LogP contribution in [0.25, 0.3) is 0 Å². The van der Waals surface area contributed by atoms with E-state index < -0.39 is 0 Å². The predicted molar refractivity (Wildman–Crippen MR) is 129 cm³/mol. The highest BCUT2D eigenvalue weighted by Crippen LogP contribution is 2.67. The second kappa shape index (κ2) is 9.11. The zero-order chi connectivity index (χ0) is 22.4. The van der Waals surface area contributed by atoms with Crippen LogP contribution in [0.1, 0.15) is 112 Å². The highest BCUT2D eigenvalue weighted by molar-refractivity contribution is 5.83. The molecule has 0 aliphatic heterocycles. The van der Waals surface area contributed by atoms with Gasteiger partial charge in [0, 0.05) is 18.9 Å². The van der Waals surface area contributed by atoms with Gasteiger partial charge in [-0.3, -0.25) is 4.79 Å². The smallest absolute Gasteiger partial charge is 0.136 e. The van der Waals surface area contributed by atoms with Gasteiger partial charge in [-0.05, 0) is 104 Å². The van der Waals surface area contributed by atoms with Crippen LogP contribution in [0.15, 0.2) is 0 Å². The van der Waals surface area contributed by atoms with Crippen molar-refractivity contribution in [2.24, 2.45) is 58.2 Å². The molecule has 0 heterocycles. The zero-order valence-electron chi connectivity index (χ0n) is 21.2. The van der Waals surface area contributed by atoms with Crippen LogP contribution >= 0.6 is 0 Å². The standard InChI is InChI=1S/C29H50O2/c1-19(2)21(14-17-30)10-9-20(3)23-11-12-24-27-25(13-16-29(23,24)5)28(4)15-7-6-8-22(28)18-26(27)31/h19-25,27,30H,6-18H2,1-5H3/t20-,21+,22?,23-,24+,25+,27+,28+,29-/m1/s1. The summed E-state index contributed by atoms with van der Waals surface area (Å²) in [5, 5.41) is 9.46. The van der Waals surface area contributed by atoms with Crippen LogP contribution in [0.4, 0.5) is 0 Å². The summed E-state index contributed by atoms with van der Waals surface area (Å²) in [6.45, 7) is 12.6. The monoisotopic (exact) mass is 430 g/mol. The third-order valence-electron chi connectivity index (χ3n) is 11.6. The van der Waals surface area contributed by atoms with E-state index in [0.29, 0.717) is 58.7 Å². The van der Waals surface area contributed by atoms with Crippen LogP contribution in [-0.4, -0.2) is 17.5 Å². The van der Waals surface area contributed by atoms with E-state index in [9.17, 15) is 9.90 Å². The Bertz CT molecular complexity index is 641. The van der Waals surface area contributed by atoms with Crippen molar-refractivity contribution >= 4 is 5.78 Å². The van der Waals surface area contributed by atoms with Gasteiger partial charge in [0.25, 0.3) is 0 Å². The lowest BCUT2D eigenvalue weighted by molar-refractivity contribution is -0.156. The average molecular weight is 431 g/mol. The molecule has 2 nitrogen and oxygen atoms in total. The number of hydrogen-bond donors (Lipinski definition) is 1. The van der Waals surface area contributed by atoms with Crippen molar-refractivity contribution in [2.45, 2.75) is 112 Å². The van der Waals surface area contributed by atoms with Crippen LogP contribution < -0.4 is 0 Å². The highest BCUT2D eigenvalue weighted by atomic mass is 16.3. The van der Waals surface area contributed by atoms with Gasteiger partial charge in [0.2, 0.25) is 0 Å². The minimum atomic E-state index is 0.325. The second-order valence-corrected chi connectivity index (χ2v) is 13.2. The Kier molecular flexibility index (Phi) is 6.99. The normalized spacial score (nSPS) is 44.5. The summed E-state index contributed by atoms with van der Waals surface area (Å²) < 4.78 is 0. The Morgan fingerprint density at radius 1 is 0.903 bits per heavy atom. The maximum atomic E-state index is 13.5. The number of hydrogen-bond acceptors (Lipinski definition) is 2. The molecule has 4 fully saturated rings. The number of ketones is 1. The summed E-state index contributed by atoms with van der Waals surface area (Å²) in [7, 11) is 0. The van der Waals surface area contributed by atoms with Gasteiger partial charge in [-0.15, -0.1) is 0 Å². The second-order valence-electron chi connectivity index (χ2n) is 13.2. The van der Waals surface area contributed by atoms with Crippen LogP contribution in [0.2, 0.25) is 0 Å². The summed E-state index contributed by atoms with van der Waals surface area (Å²) >= 11 is 0. The Labute approximate surface area is 192 Å². The molecule has 4 saturated carbocycles. The van der Waals surface area contributed by atoms with Crippen molar-refractivity contribution in [2.75, 3.05) is 6.61 Å². The number of aliphatic hydroxyl groups is 1. The van der Waals surface area contributed by atoms with Crippen molar-refractivity contribution in [3.63, 3.8) is 0 Å². The van der Waals surface area contributed by atoms with Gasteiger partial charge >= 0.3 is 0 Å². The van der Waals surface area contributed by atoms with Gasteiger partial charge in [0.15, 0.2) is 0 Å². The van der Waals surface area contributed by atoms with Crippen LogP contribution in [0.5, 0.6) is 0 Å². The summed E-state index contributed by atoms with van der Waals surface area (Å²) in [4.78, 5) is 13.5. The molecule has 4 aliphatic carbocycles. The molecule has 0 aromatic heterocycles. The van der Waals surface area contributed by atoms with Gasteiger partial charge in [-0.25, -0.2) is 0 Å². The SMILES string of the molecule is CC(C)[C@H](CCO)CC[C@@H](C)[C@H]1CC[C@H]2[C@@H]3C(=O)CC4CCCC[C@]4(C)[C@H]3CC[C@]12C. The van der Waals surface area contributed by atoms with Crippen LogP contribution in [0.3, 0.4) is 0 Å². The molecule has 2 heteroatoms. The molecule has 0 spiro atoms. The summed E-state index contributed by atoms with van der Waals surface area (Å²) in [6, 6.07) is 0. The summed E-state index contributed by atoms with van der Waals surface area (Å²) in [6.07, 6.45) is 15.1. The van der Waals surface area contributed by atoms with Gasteiger partial charge in [-0.1, -0.05) is 53.9 Å². The fraction of sp³-hybridized carbons (Fsp3) is 0.966. The molecule has 0 bridgehead atoms. The van der Waals surface area contributed by atoms with Crippen molar-refractivity contribution in [1.29, 1.82) is 0 Å². The summed E-state index contributed by atoms with van der Waals surface area (Å²) in [5.41, 5.74) is 0.815. The Balaban J connectivity index is 1.48. The average Bonchev–Trinajstić information content (AvgIpc) is 3.08. The molecule has 31 heavy (non-hydrogen) atoms. The molecule has 0 radical (unpaired) electrons. The molecule has 9 atom stereocenters. The number of aliphatic hydroxyl groups excluding tert-OH is 1. The lowest BCUT2D eigenvalue weighted by atomic mass is 9.44. The quantitative estimate of drug-likeness (QED) is 0.460. The number of fused-ring (bicyclic) bond motifs is 5. The minimum Gasteiger partial charge on any atom is -0.396 e. The van der Waals surface area contributed by atoms with Gasteiger partial charge in [0.1, 0.15) is 5.78 Å². The lowest BCUT2D eigenvalue weighted by Gasteiger charge is -2.60. The molecule has 1 unspecified atom stereocenters. The van der Waals surface area contributed by atoms with E-state index in [0.717, 1.165) is 24.7 Å². The van der Waals surface area contributed by atoms with Gasteiger partial charge < -0.3 is 5.11 Å². The van der Waals surface area contributed by atoms with E-state index in [1.165, 1.54) is 64.2 Å². The molecule has 178 valence electrons. The number of carbonyl (C=O) groups is 1. The van der Waals surface area contributed by atoms with E-state index in [1.54, 1.807) is 0 Å². The van der Waals surface area contributed by atoms with Crippen molar-refractivity contribution in [3.05, 3.63) is 0 Å². The lowest BCUT2D eigenvalue weighted by Crippen LogP contribution is -2.56. The van der Waals surface area contributed by atoms with Gasteiger partial charge in [0.05, 0.1) is 0 Å². The number of Topliss-reactive ketones (excluding diaryl/α,β-unsaturated/α-hetero) is 1. The first-order chi connectivity index (χ1) is 14.7. The predicted octanol–water partition coefficient (Wildman–Crippen LogP) is 7.29. The first-order valence-electron chi connectivity index (χ1n) is 13.9. The third kappa shape index (κ3) is 4.06. The van der Waals surface area contributed by atoms with Gasteiger partial charge in [-0.2, -0.15) is 0 Å². The molecule has 4 rings (SSSR count). The maximum Gasteiger partial charge on any atom is 0.136 e. The Morgan fingerprint density at radius 3 is 2.35 bits per heavy atom.